The second-order valence-electron chi connectivity index (χ2n) is 3.07. The number of aliphatic hydroxyl groups excluding tert-OH is 1. The van der Waals surface area contributed by atoms with Gasteiger partial charge in [-0.25, -0.2) is 0 Å². The van der Waals surface area contributed by atoms with Crippen LogP contribution in [0, 0.1) is 0 Å². The Bertz CT molecular complexity index is 373. The molecule has 0 radical (unpaired) electrons. The minimum absolute atomic E-state index is 0.0941. The first-order valence-electron chi connectivity index (χ1n) is 4.62. The molecule has 4 nitrogen and oxygen atoms in total. The Hall–Kier alpha value is -1.68. The number of hydrogen-bond acceptors (Lipinski definition) is 4. The molecule has 0 saturated heterocycles. The van der Waals surface area contributed by atoms with Crippen molar-refractivity contribution in [3.05, 3.63) is 30.4 Å². The van der Waals surface area contributed by atoms with Crippen LogP contribution in [0.2, 0.25) is 0 Å². The fourth-order valence-corrected chi connectivity index (χ4v) is 1.37. The first-order valence-corrected chi connectivity index (χ1v) is 4.62. The van der Waals surface area contributed by atoms with Crippen molar-refractivity contribution >= 4 is 0 Å². The van der Waals surface area contributed by atoms with Crippen LogP contribution < -0.4 is 14.2 Å². The minimum Gasteiger partial charge on any atom is -0.489 e. The third kappa shape index (κ3) is 1.89. The Morgan fingerprint density at radius 3 is 2.80 bits per heavy atom. The van der Waals surface area contributed by atoms with Gasteiger partial charge in [0.2, 0.25) is 6.79 Å². The first-order chi connectivity index (χ1) is 7.35. The van der Waals surface area contributed by atoms with Crippen molar-refractivity contribution in [1.29, 1.82) is 0 Å². The van der Waals surface area contributed by atoms with Crippen molar-refractivity contribution in [3.8, 4) is 17.2 Å². The highest BCUT2D eigenvalue weighted by molar-refractivity contribution is 5.51. The second kappa shape index (κ2) is 4.23. The Kier molecular flexibility index (Phi) is 2.78. The lowest BCUT2D eigenvalue weighted by Gasteiger charge is -2.09. The van der Waals surface area contributed by atoms with Crippen LogP contribution in [0.15, 0.2) is 24.8 Å². The highest BCUT2D eigenvalue weighted by atomic mass is 16.7. The van der Waals surface area contributed by atoms with E-state index < -0.39 is 0 Å². The summed E-state index contributed by atoms with van der Waals surface area (Å²) in [4.78, 5) is 0. The van der Waals surface area contributed by atoms with Gasteiger partial charge in [0, 0.05) is 11.6 Å². The summed E-state index contributed by atoms with van der Waals surface area (Å²) in [5.74, 6) is 1.89. The van der Waals surface area contributed by atoms with Crippen molar-refractivity contribution in [2.24, 2.45) is 0 Å². The number of ether oxygens (including phenoxy) is 3. The van der Waals surface area contributed by atoms with Crippen LogP contribution in [0.3, 0.4) is 0 Å². The number of fused-ring (bicyclic) bond motifs is 1. The highest BCUT2D eigenvalue weighted by Crippen LogP contribution is 2.38. The van der Waals surface area contributed by atoms with E-state index in [1.807, 2.05) is 0 Å². The molecule has 1 heterocycles. The van der Waals surface area contributed by atoms with E-state index in [0.717, 1.165) is 0 Å². The SMILES string of the molecule is C=CCOc1cc2c(cc1CO)OCO2. The van der Waals surface area contributed by atoms with Crippen LogP contribution in [0.5, 0.6) is 17.2 Å². The molecule has 1 aliphatic rings. The molecular weight excluding hydrogens is 196 g/mol. The molecule has 0 saturated carbocycles. The lowest BCUT2D eigenvalue weighted by atomic mass is 10.2. The molecule has 2 rings (SSSR count). The molecule has 0 spiro atoms. The van der Waals surface area contributed by atoms with Crippen molar-refractivity contribution < 1.29 is 19.3 Å². The van der Waals surface area contributed by atoms with Gasteiger partial charge in [-0.2, -0.15) is 0 Å². The molecule has 80 valence electrons. The van der Waals surface area contributed by atoms with E-state index in [1.54, 1.807) is 18.2 Å². The molecule has 1 N–H and O–H groups in total. The lowest BCUT2D eigenvalue weighted by molar-refractivity contribution is 0.173. The van der Waals surface area contributed by atoms with Crippen LogP contribution in [-0.2, 0) is 6.61 Å². The van der Waals surface area contributed by atoms with Crippen molar-refractivity contribution in [2.45, 2.75) is 6.61 Å². The summed E-state index contributed by atoms with van der Waals surface area (Å²) in [5, 5.41) is 9.15. The monoisotopic (exact) mass is 208 g/mol. The Morgan fingerprint density at radius 1 is 1.40 bits per heavy atom. The third-order valence-electron chi connectivity index (χ3n) is 2.08. The number of benzene rings is 1. The van der Waals surface area contributed by atoms with E-state index in [9.17, 15) is 0 Å². The summed E-state index contributed by atoms with van der Waals surface area (Å²) in [7, 11) is 0. The van der Waals surface area contributed by atoms with Gasteiger partial charge in [-0.1, -0.05) is 12.7 Å². The number of aliphatic hydroxyl groups is 1. The Labute approximate surface area is 87.7 Å². The van der Waals surface area contributed by atoms with Gasteiger partial charge in [0.15, 0.2) is 11.5 Å². The van der Waals surface area contributed by atoms with Crippen LogP contribution in [0.1, 0.15) is 5.56 Å². The van der Waals surface area contributed by atoms with E-state index in [0.29, 0.717) is 29.4 Å². The Balaban J connectivity index is 2.30. The van der Waals surface area contributed by atoms with Gasteiger partial charge in [0.1, 0.15) is 12.4 Å². The molecule has 0 aromatic heterocycles. The molecule has 1 aromatic carbocycles. The molecule has 0 aliphatic carbocycles. The van der Waals surface area contributed by atoms with E-state index in [1.165, 1.54) is 0 Å². The lowest BCUT2D eigenvalue weighted by Crippen LogP contribution is -1.97. The van der Waals surface area contributed by atoms with Gasteiger partial charge in [0.05, 0.1) is 6.61 Å². The summed E-state index contributed by atoms with van der Waals surface area (Å²) in [6.45, 7) is 4.08. The van der Waals surface area contributed by atoms with E-state index >= 15 is 0 Å². The number of rotatable bonds is 4. The largest absolute Gasteiger partial charge is 0.489 e. The van der Waals surface area contributed by atoms with Crippen molar-refractivity contribution in [2.75, 3.05) is 13.4 Å². The zero-order valence-electron chi connectivity index (χ0n) is 8.23. The van der Waals surface area contributed by atoms with Gasteiger partial charge >= 0.3 is 0 Å². The van der Waals surface area contributed by atoms with Gasteiger partial charge in [-0.3, -0.25) is 0 Å². The average Bonchev–Trinajstić information content (AvgIpc) is 2.71. The van der Waals surface area contributed by atoms with Gasteiger partial charge < -0.3 is 19.3 Å². The van der Waals surface area contributed by atoms with E-state index in [4.69, 9.17) is 19.3 Å². The number of hydrogen-bond donors (Lipinski definition) is 1. The summed E-state index contributed by atoms with van der Waals surface area (Å²) in [6.07, 6.45) is 1.64. The van der Waals surface area contributed by atoms with Gasteiger partial charge in [-0.15, -0.1) is 0 Å². The summed E-state index contributed by atoms with van der Waals surface area (Å²) >= 11 is 0. The maximum atomic E-state index is 9.15. The molecule has 0 unspecified atom stereocenters. The predicted molar refractivity (Wildman–Crippen MR) is 54.2 cm³/mol. The second-order valence-corrected chi connectivity index (χ2v) is 3.07. The fraction of sp³-hybridized carbons (Fsp3) is 0.273. The van der Waals surface area contributed by atoms with Crippen molar-refractivity contribution in [1.82, 2.24) is 0 Å². The standard InChI is InChI=1S/C11H12O4/c1-2-3-13-9-5-11-10(14-7-15-11)4-8(9)6-12/h2,4-5,12H,1,3,6-7H2. The van der Waals surface area contributed by atoms with Crippen LogP contribution in [-0.4, -0.2) is 18.5 Å². The minimum atomic E-state index is -0.0941. The zero-order valence-corrected chi connectivity index (χ0v) is 8.23. The smallest absolute Gasteiger partial charge is 0.231 e. The molecule has 1 aromatic rings. The van der Waals surface area contributed by atoms with Crippen LogP contribution in [0.4, 0.5) is 0 Å². The molecule has 15 heavy (non-hydrogen) atoms. The molecule has 1 aliphatic heterocycles. The molecular formula is C11H12O4. The molecule has 0 amide bonds. The summed E-state index contributed by atoms with van der Waals surface area (Å²) in [5.41, 5.74) is 0.682. The summed E-state index contributed by atoms with van der Waals surface area (Å²) < 4.78 is 15.8. The zero-order chi connectivity index (χ0) is 10.7. The molecule has 4 heteroatoms. The molecule has 0 fully saturated rings. The van der Waals surface area contributed by atoms with Gasteiger partial charge in [-0.05, 0) is 6.07 Å². The maximum absolute atomic E-state index is 9.15. The molecule has 0 atom stereocenters. The quantitative estimate of drug-likeness (QED) is 0.761. The maximum Gasteiger partial charge on any atom is 0.231 e. The van der Waals surface area contributed by atoms with Crippen LogP contribution >= 0.6 is 0 Å². The van der Waals surface area contributed by atoms with E-state index in [-0.39, 0.29) is 13.4 Å². The average molecular weight is 208 g/mol. The summed E-state index contributed by atoms with van der Waals surface area (Å²) in [6, 6.07) is 3.44. The topological polar surface area (TPSA) is 47.9 Å². The normalized spacial score (nSPS) is 12.6. The van der Waals surface area contributed by atoms with E-state index in [2.05, 4.69) is 6.58 Å². The fourth-order valence-electron chi connectivity index (χ4n) is 1.37. The first kappa shape index (κ1) is 9.86. The highest BCUT2D eigenvalue weighted by Gasteiger charge is 2.17. The van der Waals surface area contributed by atoms with Crippen molar-refractivity contribution in [3.63, 3.8) is 0 Å². The molecule has 0 bridgehead atoms. The Morgan fingerprint density at radius 2 is 2.13 bits per heavy atom. The van der Waals surface area contributed by atoms with Gasteiger partial charge in [0.25, 0.3) is 0 Å². The van der Waals surface area contributed by atoms with Crippen LogP contribution in [0.25, 0.3) is 0 Å². The third-order valence-corrected chi connectivity index (χ3v) is 2.08. The predicted octanol–water partition coefficient (Wildman–Crippen LogP) is 1.47.